The second kappa shape index (κ2) is 3.99. The number of aryl methyl sites for hydroxylation is 1. The minimum absolute atomic E-state index is 0.586. The molecule has 0 bridgehead atoms. The van der Waals surface area contributed by atoms with Gasteiger partial charge < -0.3 is 10.3 Å². The van der Waals surface area contributed by atoms with Crippen LogP contribution in [-0.2, 0) is 20.0 Å². The number of halogens is 1. The van der Waals surface area contributed by atoms with Crippen molar-refractivity contribution in [3.05, 3.63) is 33.9 Å². The molecule has 1 heterocycles. The van der Waals surface area contributed by atoms with Crippen LogP contribution in [0.15, 0.2) is 22.7 Å². The standard InChI is InChI=1S/C12H15BrN2/c1-3-9-12(13)11-8(7-14)5-4-6-10(11)15(9)2/h4-6H,3,7,14H2,1-2H3. The van der Waals surface area contributed by atoms with Crippen LogP contribution in [0.1, 0.15) is 18.2 Å². The van der Waals surface area contributed by atoms with E-state index in [2.05, 4.69) is 52.7 Å². The van der Waals surface area contributed by atoms with Gasteiger partial charge in [0.1, 0.15) is 0 Å². The molecule has 3 heteroatoms. The van der Waals surface area contributed by atoms with Crippen molar-refractivity contribution in [2.24, 2.45) is 12.8 Å². The van der Waals surface area contributed by atoms with Gasteiger partial charge in [0.15, 0.2) is 0 Å². The zero-order valence-electron chi connectivity index (χ0n) is 9.05. The second-order valence-corrected chi connectivity index (χ2v) is 4.48. The summed E-state index contributed by atoms with van der Waals surface area (Å²) in [5.74, 6) is 0. The van der Waals surface area contributed by atoms with E-state index in [0.717, 1.165) is 6.42 Å². The molecular formula is C12H15BrN2. The Bertz CT molecular complexity index is 500. The first kappa shape index (κ1) is 10.7. The van der Waals surface area contributed by atoms with Gasteiger partial charge in [-0.1, -0.05) is 19.1 Å². The van der Waals surface area contributed by atoms with Crippen molar-refractivity contribution >= 4 is 26.8 Å². The van der Waals surface area contributed by atoms with E-state index in [1.807, 2.05) is 0 Å². The monoisotopic (exact) mass is 266 g/mol. The zero-order chi connectivity index (χ0) is 11.0. The van der Waals surface area contributed by atoms with Crippen LogP contribution in [0.3, 0.4) is 0 Å². The van der Waals surface area contributed by atoms with Gasteiger partial charge in [0.05, 0.1) is 0 Å². The molecule has 2 nitrogen and oxygen atoms in total. The Hall–Kier alpha value is -0.800. The fourth-order valence-electron chi connectivity index (χ4n) is 2.12. The summed E-state index contributed by atoms with van der Waals surface area (Å²) < 4.78 is 3.43. The molecule has 1 aromatic heterocycles. The highest BCUT2D eigenvalue weighted by Crippen LogP contribution is 2.32. The van der Waals surface area contributed by atoms with Gasteiger partial charge >= 0.3 is 0 Å². The van der Waals surface area contributed by atoms with Crippen molar-refractivity contribution in [3.8, 4) is 0 Å². The minimum Gasteiger partial charge on any atom is -0.347 e. The summed E-state index contributed by atoms with van der Waals surface area (Å²) in [7, 11) is 2.10. The van der Waals surface area contributed by atoms with Crippen LogP contribution in [0.2, 0.25) is 0 Å². The molecule has 80 valence electrons. The third kappa shape index (κ3) is 1.50. The summed E-state index contributed by atoms with van der Waals surface area (Å²) in [6.07, 6.45) is 1.02. The molecule has 2 rings (SSSR count). The van der Waals surface area contributed by atoms with Gasteiger partial charge in [-0.05, 0) is 34.0 Å². The smallest absolute Gasteiger partial charge is 0.0494 e. The van der Waals surface area contributed by atoms with Crippen molar-refractivity contribution in [3.63, 3.8) is 0 Å². The molecular weight excluding hydrogens is 252 g/mol. The van der Waals surface area contributed by atoms with E-state index in [1.54, 1.807) is 0 Å². The largest absolute Gasteiger partial charge is 0.347 e. The zero-order valence-corrected chi connectivity index (χ0v) is 10.6. The Morgan fingerprint density at radius 1 is 1.40 bits per heavy atom. The van der Waals surface area contributed by atoms with Gasteiger partial charge in [0, 0.05) is 34.7 Å². The quantitative estimate of drug-likeness (QED) is 0.891. The van der Waals surface area contributed by atoms with Crippen LogP contribution in [-0.4, -0.2) is 4.57 Å². The van der Waals surface area contributed by atoms with Gasteiger partial charge in [0.2, 0.25) is 0 Å². The van der Waals surface area contributed by atoms with Gasteiger partial charge in [-0.15, -0.1) is 0 Å². The molecule has 0 saturated heterocycles. The van der Waals surface area contributed by atoms with Crippen LogP contribution in [0.4, 0.5) is 0 Å². The average molecular weight is 267 g/mol. The first-order valence-electron chi connectivity index (χ1n) is 5.15. The average Bonchev–Trinajstić information content (AvgIpc) is 2.51. The molecule has 15 heavy (non-hydrogen) atoms. The lowest BCUT2D eigenvalue weighted by Crippen LogP contribution is -1.97. The van der Waals surface area contributed by atoms with Crippen molar-refractivity contribution in [1.29, 1.82) is 0 Å². The number of hydrogen-bond acceptors (Lipinski definition) is 1. The van der Waals surface area contributed by atoms with Gasteiger partial charge in [0.25, 0.3) is 0 Å². The van der Waals surface area contributed by atoms with Crippen LogP contribution >= 0.6 is 15.9 Å². The van der Waals surface area contributed by atoms with Gasteiger partial charge in [-0.3, -0.25) is 0 Å². The van der Waals surface area contributed by atoms with Crippen molar-refractivity contribution in [2.75, 3.05) is 0 Å². The molecule has 0 aliphatic carbocycles. The highest BCUT2D eigenvalue weighted by Gasteiger charge is 2.13. The summed E-state index contributed by atoms with van der Waals surface area (Å²) in [6.45, 7) is 2.75. The van der Waals surface area contributed by atoms with E-state index in [9.17, 15) is 0 Å². The van der Waals surface area contributed by atoms with Gasteiger partial charge in [-0.25, -0.2) is 0 Å². The van der Waals surface area contributed by atoms with Crippen molar-refractivity contribution in [1.82, 2.24) is 4.57 Å². The van der Waals surface area contributed by atoms with Crippen LogP contribution in [0.5, 0.6) is 0 Å². The molecule has 2 N–H and O–H groups in total. The Balaban J connectivity index is 2.88. The van der Waals surface area contributed by atoms with Crippen molar-refractivity contribution < 1.29 is 0 Å². The van der Waals surface area contributed by atoms with E-state index >= 15 is 0 Å². The molecule has 0 radical (unpaired) electrons. The number of aromatic nitrogens is 1. The predicted molar refractivity (Wildman–Crippen MR) is 67.9 cm³/mol. The van der Waals surface area contributed by atoms with Crippen LogP contribution in [0, 0.1) is 0 Å². The summed E-state index contributed by atoms with van der Waals surface area (Å²) in [4.78, 5) is 0. The summed E-state index contributed by atoms with van der Waals surface area (Å²) in [5, 5.41) is 1.26. The van der Waals surface area contributed by atoms with Crippen molar-refractivity contribution in [2.45, 2.75) is 19.9 Å². The fraction of sp³-hybridized carbons (Fsp3) is 0.333. The second-order valence-electron chi connectivity index (χ2n) is 3.69. The maximum absolute atomic E-state index is 5.76. The maximum Gasteiger partial charge on any atom is 0.0494 e. The molecule has 0 saturated carbocycles. The first-order valence-corrected chi connectivity index (χ1v) is 5.94. The molecule has 0 spiro atoms. The predicted octanol–water partition coefficient (Wildman–Crippen LogP) is 2.96. The van der Waals surface area contributed by atoms with E-state index in [0.29, 0.717) is 6.54 Å². The highest BCUT2D eigenvalue weighted by molar-refractivity contribution is 9.10. The lowest BCUT2D eigenvalue weighted by molar-refractivity contribution is 0.860. The van der Waals surface area contributed by atoms with E-state index in [-0.39, 0.29) is 0 Å². The third-order valence-corrected chi connectivity index (χ3v) is 3.78. The van der Waals surface area contributed by atoms with E-state index in [4.69, 9.17) is 5.73 Å². The number of nitrogens with zero attached hydrogens (tertiary/aromatic N) is 1. The third-order valence-electron chi connectivity index (χ3n) is 2.92. The Morgan fingerprint density at radius 2 is 2.13 bits per heavy atom. The fourth-order valence-corrected chi connectivity index (χ4v) is 3.12. The number of rotatable bonds is 2. The molecule has 1 aromatic carbocycles. The SMILES string of the molecule is CCc1c(Br)c2c(CN)cccc2n1C. The molecule has 0 aliphatic rings. The van der Waals surface area contributed by atoms with Gasteiger partial charge in [-0.2, -0.15) is 0 Å². The Kier molecular flexibility index (Phi) is 2.85. The number of benzene rings is 1. The molecule has 0 unspecified atom stereocenters. The Morgan fingerprint density at radius 3 is 2.73 bits per heavy atom. The maximum atomic E-state index is 5.76. The van der Waals surface area contributed by atoms with Crippen LogP contribution in [0.25, 0.3) is 10.9 Å². The topological polar surface area (TPSA) is 30.9 Å². The number of fused-ring (bicyclic) bond motifs is 1. The lowest BCUT2D eigenvalue weighted by Gasteiger charge is -2.01. The highest BCUT2D eigenvalue weighted by atomic mass is 79.9. The summed E-state index contributed by atoms with van der Waals surface area (Å²) in [6, 6.07) is 6.29. The lowest BCUT2D eigenvalue weighted by atomic mass is 10.1. The first-order chi connectivity index (χ1) is 7.20. The summed E-state index contributed by atoms with van der Waals surface area (Å²) >= 11 is 3.68. The molecule has 0 atom stereocenters. The molecule has 0 aliphatic heterocycles. The van der Waals surface area contributed by atoms with E-state index < -0.39 is 0 Å². The normalized spacial score (nSPS) is 11.2. The number of hydrogen-bond donors (Lipinski definition) is 1. The summed E-state index contributed by atoms with van der Waals surface area (Å²) in [5.41, 5.74) is 9.54. The Labute approximate surface area is 98.2 Å². The number of nitrogens with two attached hydrogens (primary N) is 1. The minimum atomic E-state index is 0.586. The molecule has 0 fully saturated rings. The van der Waals surface area contributed by atoms with Crippen LogP contribution < -0.4 is 5.73 Å². The van der Waals surface area contributed by atoms with E-state index in [1.165, 1.54) is 26.6 Å². The molecule has 0 amide bonds. The molecule has 2 aromatic rings.